The van der Waals surface area contributed by atoms with Crippen LogP contribution in [0.4, 0.5) is 5.13 Å². The van der Waals surface area contributed by atoms with Gasteiger partial charge in [-0.05, 0) is 23.8 Å². The van der Waals surface area contributed by atoms with E-state index in [2.05, 4.69) is 63.7 Å². The molecule has 154 valence electrons. The van der Waals surface area contributed by atoms with Crippen LogP contribution in [0.3, 0.4) is 0 Å². The van der Waals surface area contributed by atoms with Gasteiger partial charge in [-0.2, -0.15) is 0 Å². The molecule has 0 saturated heterocycles. The molecule has 0 radical (unpaired) electrons. The molecule has 0 bridgehead atoms. The molecule has 0 spiro atoms. The molecule has 4 heterocycles. The van der Waals surface area contributed by atoms with E-state index in [1.54, 1.807) is 12.5 Å². The molecule has 30 heavy (non-hydrogen) atoms. The summed E-state index contributed by atoms with van der Waals surface area (Å²) in [5, 5.41) is 0.606. The highest BCUT2D eigenvalue weighted by Gasteiger charge is 2.08. The Morgan fingerprint density at radius 2 is 1.93 bits per heavy atom. The summed E-state index contributed by atoms with van der Waals surface area (Å²) in [4.78, 5) is 12.9. The number of rotatable bonds is 5. The van der Waals surface area contributed by atoms with Gasteiger partial charge in [0.2, 0.25) is 0 Å². The highest BCUT2D eigenvalue weighted by Crippen LogP contribution is 2.25. The summed E-state index contributed by atoms with van der Waals surface area (Å²) in [6.07, 6.45) is 14.3. The van der Waals surface area contributed by atoms with Crippen LogP contribution in [0.15, 0.2) is 61.4 Å². The third kappa shape index (κ3) is 4.36. The molecule has 0 saturated carbocycles. The summed E-state index contributed by atoms with van der Waals surface area (Å²) in [7, 11) is 0. The Morgan fingerprint density at radius 3 is 2.67 bits per heavy atom. The summed E-state index contributed by atoms with van der Waals surface area (Å²) >= 11 is 1.52. The number of nitrogens with two attached hydrogens (primary N) is 1. The first-order valence-electron chi connectivity index (χ1n) is 10.3. The molecule has 0 unspecified atom stereocenters. The maximum absolute atomic E-state index is 5.79. The van der Waals surface area contributed by atoms with Gasteiger partial charge in [0.15, 0.2) is 5.13 Å². The van der Waals surface area contributed by atoms with Crippen molar-refractivity contribution in [3.8, 4) is 5.69 Å². The summed E-state index contributed by atoms with van der Waals surface area (Å²) in [6, 6.07) is 10.4. The summed E-state index contributed by atoms with van der Waals surface area (Å²) in [5.41, 5.74) is 11.1. The molecule has 2 N–H and O–H groups in total. The van der Waals surface area contributed by atoms with Crippen molar-refractivity contribution < 1.29 is 0 Å². The molecule has 0 aliphatic carbocycles. The Morgan fingerprint density at radius 1 is 1.07 bits per heavy atom. The number of aromatic nitrogens is 5. The first-order valence-corrected chi connectivity index (χ1v) is 11.1. The second-order valence-corrected chi connectivity index (χ2v) is 8.28. The Balaban J connectivity index is 0.000000393. The Labute approximate surface area is 180 Å². The van der Waals surface area contributed by atoms with E-state index in [0.29, 0.717) is 5.13 Å². The lowest BCUT2D eigenvalue weighted by Gasteiger charge is -2.05. The molecular formula is C23H26N6S. The van der Waals surface area contributed by atoms with Crippen LogP contribution in [0.5, 0.6) is 0 Å². The minimum absolute atomic E-state index is 0.606. The van der Waals surface area contributed by atoms with Gasteiger partial charge in [0.1, 0.15) is 5.65 Å². The number of unbranched alkanes of at least 4 members (excludes halogenated alkanes) is 2. The van der Waals surface area contributed by atoms with Gasteiger partial charge in [0, 0.05) is 43.0 Å². The number of pyridine rings is 1. The average molecular weight is 419 g/mol. The molecule has 5 aromatic rings. The van der Waals surface area contributed by atoms with Crippen molar-refractivity contribution in [2.45, 2.75) is 39.5 Å². The fourth-order valence-electron chi connectivity index (χ4n) is 3.39. The van der Waals surface area contributed by atoms with Gasteiger partial charge in [-0.1, -0.05) is 50.5 Å². The molecule has 0 atom stereocenters. The standard InChI is InChI=1S/C18H14N6S.C5H12/c19-18-22-15-2-1-12(8-16(15)25-18)7-14-10-21-17-9-13(3-5-24(14)17)23-6-4-20-11-23;1-3-5-4-2/h1-6,8-11H,7H2,(H2,19,22);3-5H2,1-2H3. The number of benzene rings is 1. The lowest BCUT2D eigenvalue weighted by molar-refractivity contribution is 0.772. The average Bonchev–Trinajstić information content (AvgIpc) is 3.48. The second kappa shape index (κ2) is 9.09. The Hall–Kier alpha value is -3.19. The topological polar surface area (TPSA) is 74.0 Å². The SMILES string of the molecule is CCCCC.Nc1nc2ccc(Cc3cnc4cc(-n5ccnc5)ccn34)cc2s1. The summed E-state index contributed by atoms with van der Waals surface area (Å²) in [6.45, 7) is 4.42. The predicted molar refractivity (Wildman–Crippen MR) is 124 cm³/mol. The molecule has 5 rings (SSSR count). The monoisotopic (exact) mass is 418 g/mol. The van der Waals surface area contributed by atoms with Crippen molar-refractivity contribution in [2.24, 2.45) is 0 Å². The molecule has 0 aliphatic rings. The van der Waals surface area contributed by atoms with Crippen LogP contribution in [0.1, 0.15) is 44.4 Å². The smallest absolute Gasteiger partial charge is 0.181 e. The largest absolute Gasteiger partial charge is 0.375 e. The van der Waals surface area contributed by atoms with Crippen LogP contribution in [-0.4, -0.2) is 23.9 Å². The van der Waals surface area contributed by atoms with E-state index in [0.717, 1.165) is 33.7 Å². The third-order valence-electron chi connectivity index (χ3n) is 4.94. The van der Waals surface area contributed by atoms with Gasteiger partial charge >= 0.3 is 0 Å². The number of anilines is 1. The number of fused-ring (bicyclic) bond motifs is 2. The molecule has 4 aromatic heterocycles. The van der Waals surface area contributed by atoms with Crippen LogP contribution in [0.2, 0.25) is 0 Å². The van der Waals surface area contributed by atoms with Gasteiger partial charge < -0.3 is 14.7 Å². The first kappa shape index (κ1) is 20.1. The van der Waals surface area contributed by atoms with Crippen molar-refractivity contribution in [1.82, 2.24) is 23.9 Å². The number of hydrogen-bond donors (Lipinski definition) is 1. The van der Waals surface area contributed by atoms with Gasteiger partial charge in [-0.15, -0.1) is 0 Å². The minimum Gasteiger partial charge on any atom is -0.375 e. The molecule has 1 aromatic carbocycles. The molecule has 0 fully saturated rings. The van der Waals surface area contributed by atoms with Crippen LogP contribution >= 0.6 is 11.3 Å². The maximum atomic E-state index is 5.79. The van der Waals surface area contributed by atoms with Gasteiger partial charge in [-0.25, -0.2) is 15.0 Å². The molecular weight excluding hydrogens is 392 g/mol. The van der Waals surface area contributed by atoms with Crippen molar-refractivity contribution in [2.75, 3.05) is 5.73 Å². The number of thiazole rings is 1. The zero-order valence-corrected chi connectivity index (χ0v) is 18.1. The predicted octanol–water partition coefficient (Wildman–Crippen LogP) is 5.50. The van der Waals surface area contributed by atoms with Crippen molar-refractivity contribution in [3.05, 3.63) is 72.7 Å². The fourth-order valence-corrected chi connectivity index (χ4v) is 4.18. The van der Waals surface area contributed by atoms with Gasteiger partial charge in [-0.3, -0.25) is 0 Å². The van der Waals surface area contributed by atoms with E-state index in [1.165, 1.54) is 36.2 Å². The first-order chi connectivity index (χ1) is 14.7. The van der Waals surface area contributed by atoms with Crippen molar-refractivity contribution in [1.29, 1.82) is 0 Å². The van der Waals surface area contributed by atoms with E-state index in [-0.39, 0.29) is 0 Å². The molecule has 7 heteroatoms. The highest BCUT2D eigenvalue weighted by atomic mass is 32.1. The van der Waals surface area contributed by atoms with Crippen LogP contribution < -0.4 is 5.73 Å². The maximum Gasteiger partial charge on any atom is 0.181 e. The molecule has 0 amide bonds. The Kier molecular flexibility index (Phi) is 6.09. The van der Waals surface area contributed by atoms with E-state index in [9.17, 15) is 0 Å². The van der Waals surface area contributed by atoms with Crippen molar-refractivity contribution in [3.63, 3.8) is 0 Å². The van der Waals surface area contributed by atoms with Crippen LogP contribution in [-0.2, 0) is 6.42 Å². The zero-order valence-electron chi connectivity index (χ0n) is 17.3. The zero-order chi connectivity index (χ0) is 20.9. The van der Waals surface area contributed by atoms with E-state index >= 15 is 0 Å². The normalized spacial score (nSPS) is 11.0. The van der Waals surface area contributed by atoms with E-state index in [1.807, 2.05) is 23.0 Å². The minimum atomic E-state index is 0.606. The van der Waals surface area contributed by atoms with Gasteiger partial charge in [0.05, 0.1) is 22.2 Å². The lowest BCUT2D eigenvalue weighted by atomic mass is 10.1. The lowest BCUT2D eigenvalue weighted by Crippen LogP contribution is -1.97. The fraction of sp³-hybridized carbons (Fsp3) is 0.261. The third-order valence-corrected chi connectivity index (χ3v) is 5.79. The number of nitrogens with zero attached hydrogens (tertiary/aromatic N) is 5. The van der Waals surface area contributed by atoms with E-state index < -0.39 is 0 Å². The molecule has 0 aliphatic heterocycles. The van der Waals surface area contributed by atoms with Crippen LogP contribution in [0.25, 0.3) is 21.6 Å². The Bertz CT molecular complexity index is 1230. The number of nitrogen functional groups attached to an aromatic ring is 1. The summed E-state index contributed by atoms with van der Waals surface area (Å²) in [5.74, 6) is 0. The van der Waals surface area contributed by atoms with Crippen LogP contribution in [0, 0.1) is 0 Å². The molecule has 6 nitrogen and oxygen atoms in total. The number of imidazole rings is 2. The van der Waals surface area contributed by atoms with Gasteiger partial charge in [0.25, 0.3) is 0 Å². The van der Waals surface area contributed by atoms with E-state index in [4.69, 9.17) is 5.73 Å². The summed E-state index contributed by atoms with van der Waals surface area (Å²) < 4.78 is 5.20. The number of hydrogen-bond acceptors (Lipinski definition) is 5. The quantitative estimate of drug-likeness (QED) is 0.409. The highest BCUT2D eigenvalue weighted by molar-refractivity contribution is 7.22. The second-order valence-electron chi connectivity index (χ2n) is 7.22. The van der Waals surface area contributed by atoms with Crippen molar-refractivity contribution >= 4 is 32.3 Å².